The van der Waals surface area contributed by atoms with E-state index in [0.29, 0.717) is 0 Å². The minimum Gasteiger partial charge on any atom is -0.744 e. The van der Waals surface area contributed by atoms with Crippen molar-refractivity contribution in [2.75, 3.05) is 0 Å². The normalized spacial score (nSPS) is 11.1. The Balaban J connectivity index is 0.000000443. The predicted octanol–water partition coefficient (Wildman–Crippen LogP) is 2.03. The first-order valence-corrected chi connectivity index (χ1v) is 9.70. The van der Waals surface area contributed by atoms with E-state index in [4.69, 9.17) is 0 Å². The average molecular weight is 458 g/mol. The molecule has 6 nitrogen and oxygen atoms in total. The zero-order valence-corrected chi connectivity index (χ0v) is 19.5. The van der Waals surface area contributed by atoms with Gasteiger partial charge >= 0.3 is 45.5 Å². The van der Waals surface area contributed by atoms with Crippen LogP contribution in [-0.4, -0.2) is 71.4 Å². The minimum atomic E-state index is -4.29. The number of hydrogen-bond acceptors (Lipinski definition) is 6. The molecule has 9 heteroatoms. The van der Waals surface area contributed by atoms with E-state index in [2.05, 4.69) is 0 Å². The van der Waals surface area contributed by atoms with Crippen molar-refractivity contribution in [1.29, 1.82) is 0 Å². The summed E-state index contributed by atoms with van der Waals surface area (Å²) in [7, 11) is -8.58. The van der Waals surface area contributed by atoms with Crippen LogP contribution in [0.1, 0.15) is 22.3 Å². The van der Waals surface area contributed by atoms with E-state index in [1.54, 1.807) is 26.0 Å². The summed E-state index contributed by atoms with van der Waals surface area (Å²) in [5.41, 5.74) is 3.57. The van der Waals surface area contributed by atoms with Crippen LogP contribution in [0.2, 0.25) is 0 Å². The molecule has 25 heavy (non-hydrogen) atoms. The van der Waals surface area contributed by atoms with Gasteiger partial charge in [-0.1, -0.05) is 12.1 Å². The van der Waals surface area contributed by atoms with Gasteiger partial charge in [0.15, 0.2) is 0 Å². The molecule has 0 spiro atoms. The van der Waals surface area contributed by atoms with Crippen molar-refractivity contribution >= 4 is 65.7 Å². The van der Waals surface area contributed by atoms with Crippen LogP contribution in [0.15, 0.2) is 46.2 Å². The Morgan fingerprint density at radius 1 is 0.600 bits per heavy atom. The van der Waals surface area contributed by atoms with E-state index in [0.717, 1.165) is 22.3 Å². The topological polar surface area (TPSA) is 114 Å². The van der Waals surface area contributed by atoms with Gasteiger partial charge in [0, 0.05) is 0 Å². The van der Waals surface area contributed by atoms with Crippen LogP contribution in [0, 0.1) is 27.7 Å². The molecule has 2 aromatic rings. The Kier molecular flexibility index (Phi) is 9.51. The van der Waals surface area contributed by atoms with Gasteiger partial charge in [-0.05, 0) is 74.2 Å². The Morgan fingerprint density at radius 2 is 0.880 bits per heavy atom. The molecule has 0 bridgehead atoms. The molecule has 0 heterocycles. The molecule has 0 aliphatic rings. The molecule has 0 aliphatic heterocycles. The molecule has 0 N–H and O–H groups in total. The van der Waals surface area contributed by atoms with Crippen molar-refractivity contribution < 1.29 is 25.9 Å². The van der Waals surface area contributed by atoms with Gasteiger partial charge in [-0.25, -0.2) is 16.8 Å². The predicted molar refractivity (Wildman–Crippen MR) is 93.5 cm³/mol. The van der Waals surface area contributed by atoms with Gasteiger partial charge < -0.3 is 9.11 Å². The Morgan fingerprint density at radius 3 is 1.08 bits per heavy atom. The van der Waals surface area contributed by atoms with Crippen LogP contribution in [0.3, 0.4) is 0 Å². The van der Waals surface area contributed by atoms with E-state index in [1.807, 2.05) is 13.8 Å². The zero-order valence-electron chi connectivity index (χ0n) is 14.4. The molecular formula is C16H18O6S2Sr. The molecule has 0 atom stereocenters. The summed E-state index contributed by atoms with van der Waals surface area (Å²) in [6.07, 6.45) is 0. The van der Waals surface area contributed by atoms with Crippen molar-refractivity contribution in [2.45, 2.75) is 37.5 Å². The number of rotatable bonds is 2. The SMILES string of the molecule is Cc1ccc(S(=O)(=O)[O-])cc1C.Cc1ccc(S(=O)(=O)[O-])cc1C.[Sr+2]. The molecule has 2 rings (SSSR count). The quantitative estimate of drug-likeness (QED) is 0.503. The van der Waals surface area contributed by atoms with Crippen LogP contribution in [-0.2, 0) is 20.2 Å². The van der Waals surface area contributed by atoms with Crippen LogP contribution >= 0.6 is 0 Å². The maximum atomic E-state index is 10.5. The smallest absolute Gasteiger partial charge is 0.744 e. The molecule has 0 saturated heterocycles. The molecule has 0 amide bonds. The van der Waals surface area contributed by atoms with Gasteiger partial charge in [0.1, 0.15) is 20.2 Å². The number of hydrogen-bond donors (Lipinski definition) is 0. The molecule has 132 valence electrons. The van der Waals surface area contributed by atoms with Crippen LogP contribution in [0.4, 0.5) is 0 Å². The maximum Gasteiger partial charge on any atom is 2.00 e. The first kappa shape index (κ1) is 24.7. The molecule has 0 unspecified atom stereocenters. The van der Waals surface area contributed by atoms with Gasteiger partial charge in [0.05, 0.1) is 9.79 Å². The Hall–Kier alpha value is -0.259. The van der Waals surface area contributed by atoms with E-state index < -0.39 is 20.2 Å². The van der Waals surface area contributed by atoms with Crippen molar-refractivity contribution in [2.24, 2.45) is 0 Å². The second-order valence-corrected chi connectivity index (χ2v) is 8.16. The van der Waals surface area contributed by atoms with Crippen molar-refractivity contribution in [1.82, 2.24) is 0 Å². The van der Waals surface area contributed by atoms with Gasteiger partial charge in [0.25, 0.3) is 0 Å². The van der Waals surface area contributed by atoms with E-state index in [1.165, 1.54) is 24.3 Å². The summed E-state index contributed by atoms with van der Waals surface area (Å²) in [5, 5.41) is 0. The molecule has 0 radical (unpaired) electrons. The fourth-order valence-corrected chi connectivity index (χ4v) is 2.85. The summed E-state index contributed by atoms with van der Waals surface area (Å²) in [5.74, 6) is 0. The van der Waals surface area contributed by atoms with Crippen LogP contribution < -0.4 is 0 Å². The summed E-state index contributed by atoms with van der Waals surface area (Å²) < 4.78 is 63.2. The average Bonchev–Trinajstić information content (AvgIpc) is 2.43. The van der Waals surface area contributed by atoms with Crippen molar-refractivity contribution in [3.05, 3.63) is 58.7 Å². The Bertz CT molecular complexity index is 871. The standard InChI is InChI=1S/2C8H10O3S.Sr/c2*1-6-3-4-8(5-7(6)2)12(9,10)11;/h2*3-5H,1-2H3,(H,9,10,11);/q;;+2/p-2. The molecule has 0 aromatic heterocycles. The van der Waals surface area contributed by atoms with E-state index >= 15 is 0 Å². The molecule has 0 saturated carbocycles. The monoisotopic (exact) mass is 458 g/mol. The van der Waals surface area contributed by atoms with Gasteiger partial charge in [-0.15, -0.1) is 0 Å². The Labute approximate surface area is 186 Å². The fourth-order valence-electron chi connectivity index (χ4n) is 1.74. The second-order valence-electron chi connectivity index (χ2n) is 5.40. The van der Waals surface area contributed by atoms with Crippen LogP contribution in [0.5, 0.6) is 0 Å². The largest absolute Gasteiger partial charge is 2.00 e. The van der Waals surface area contributed by atoms with Crippen molar-refractivity contribution in [3.63, 3.8) is 0 Å². The third-order valence-electron chi connectivity index (χ3n) is 3.53. The summed E-state index contributed by atoms with van der Waals surface area (Å²) in [4.78, 5) is -0.323. The second kappa shape index (κ2) is 9.61. The molecule has 0 fully saturated rings. The minimum absolute atomic E-state index is 0. The maximum absolute atomic E-state index is 10.5. The van der Waals surface area contributed by atoms with E-state index in [9.17, 15) is 25.9 Å². The van der Waals surface area contributed by atoms with Gasteiger partial charge in [-0.3, -0.25) is 0 Å². The zero-order chi connectivity index (χ0) is 18.7. The molecule has 0 aliphatic carbocycles. The fraction of sp³-hybridized carbons (Fsp3) is 0.250. The molecule has 2 aromatic carbocycles. The summed E-state index contributed by atoms with van der Waals surface area (Å²) in [6.45, 7) is 7.25. The van der Waals surface area contributed by atoms with E-state index in [-0.39, 0.29) is 55.3 Å². The number of aryl methyl sites for hydroxylation is 4. The van der Waals surface area contributed by atoms with Gasteiger partial charge in [0.2, 0.25) is 0 Å². The van der Waals surface area contributed by atoms with Crippen LogP contribution in [0.25, 0.3) is 0 Å². The first-order chi connectivity index (χ1) is 10.8. The first-order valence-electron chi connectivity index (χ1n) is 6.88. The molecular weight excluding hydrogens is 440 g/mol. The van der Waals surface area contributed by atoms with Crippen molar-refractivity contribution in [3.8, 4) is 0 Å². The number of benzene rings is 2. The summed E-state index contributed by atoms with van der Waals surface area (Å²) in [6, 6.07) is 8.67. The third kappa shape index (κ3) is 7.88. The van der Waals surface area contributed by atoms with Gasteiger partial charge in [-0.2, -0.15) is 0 Å². The third-order valence-corrected chi connectivity index (χ3v) is 5.20. The summed E-state index contributed by atoms with van der Waals surface area (Å²) >= 11 is 0.